The summed E-state index contributed by atoms with van der Waals surface area (Å²) in [6.07, 6.45) is 3.12. The Kier molecular flexibility index (Phi) is 3.26. The molecule has 2 fully saturated rings. The summed E-state index contributed by atoms with van der Waals surface area (Å²) >= 11 is 0. The molecule has 0 aromatic carbocycles. The molecule has 2 aliphatic carbocycles. The maximum Gasteiger partial charge on any atom is 0.223 e. The van der Waals surface area contributed by atoms with Gasteiger partial charge in [0.05, 0.1) is 12.7 Å². The molecule has 1 amide bonds. The Balaban J connectivity index is 1.66. The van der Waals surface area contributed by atoms with Crippen molar-refractivity contribution >= 4 is 5.91 Å². The minimum Gasteiger partial charge on any atom is -0.389 e. The Hall–Kier alpha value is -0.610. The molecule has 15 heavy (non-hydrogen) atoms. The normalized spacial score (nSPS) is 34.7. The topological polar surface area (TPSA) is 58.6 Å². The minimum atomic E-state index is -0.586. The molecule has 0 spiro atoms. The van der Waals surface area contributed by atoms with Crippen LogP contribution in [0.1, 0.15) is 19.3 Å². The molecule has 3 unspecified atom stereocenters. The smallest absolute Gasteiger partial charge is 0.223 e. The number of carbonyl (C=O) groups excluding carboxylic acids is 1. The number of rotatable bonds is 5. The first kappa shape index (κ1) is 10.9. The van der Waals surface area contributed by atoms with Crippen molar-refractivity contribution < 1.29 is 14.6 Å². The maximum absolute atomic E-state index is 11.7. The van der Waals surface area contributed by atoms with Gasteiger partial charge >= 0.3 is 0 Å². The summed E-state index contributed by atoms with van der Waals surface area (Å²) in [6.45, 7) is 0.584. The average Bonchev–Trinajstić information content (AvgIpc) is 2.69. The summed E-state index contributed by atoms with van der Waals surface area (Å²) in [5.41, 5.74) is 0. The van der Waals surface area contributed by atoms with E-state index in [9.17, 15) is 9.90 Å². The Morgan fingerprint density at radius 1 is 1.53 bits per heavy atom. The van der Waals surface area contributed by atoms with Gasteiger partial charge in [0, 0.05) is 19.6 Å². The van der Waals surface area contributed by atoms with Crippen LogP contribution in [0, 0.1) is 17.8 Å². The standard InChI is InChI=1S/C11H19NO3/c1-15-6-7(13)5-12-11(14)10-8-3-2-4-9(8)10/h7-10,13H,2-6H2,1H3,(H,12,14). The second-order valence-electron chi connectivity index (χ2n) is 4.64. The van der Waals surface area contributed by atoms with Crippen molar-refractivity contribution in [1.82, 2.24) is 5.32 Å². The van der Waals surface area contributed by atoms with Gasteiger partial charge in [0.15, 0.2) is 0 Å². The molecule has 3 atom stereocenters. The first-order valence-corrected chi connectivity index (χ1v) is 5.68. The van der Waals surface area contributed by atoms with Gasteiger partial charge in [-0.1, -0.05) is 6.42 Å². The predicted molar refractivity (Wildman–Crippen MR) is 55.2 cm³/mol. The lowest BCUT2D eigenvalue weighted by atomic mass is 10.1. The monoisotopic (exact) mass is 213 g/mol. The number of fused-ring (bicyclic) bond motifs is 1. The van der Waals surface area contributed by atoms with Crippen LogP contribution in [-0.2, 0) is 9.53 Å². The second kappa shape index (κ2) is 4.49. The van der Waals surface area contributed by atoms with Crippen molar-refractivity contribution in [2.75, 3.05) is 20.3 Å². The van der Waals surface area contributed by atoms with E-state index in [1.165, 1.54) is 26.4 Å². The number of aliphatic hydroxyl groups is 1. The van der Waals surface area contributed by atoms with Crippen molar-refractivity contribution in [2.24, 2.45) is 17.8 Å². The Bertz CT molecular complexity index is 234. The highest BCUT2D eigenvalue weighted by Gasteiger charge is 2.56. The third kappa shape index (κ3) is 2.32. The second-order valence-corrected chi connectivity index (χ2v) is 4.64. The fraction of sp³-hybridized carbons (Fsp3) is 0.909. The van der Waals surface area contributed by atoms with E-state index in [0.29, 0.717) is 18.4 Å². The first-order valence-electron chi connectivity index (χ1n) is 5.68. The molecule has 4 nitrogen and oxygen atoms in total. The van der Waals surface area contributed by atoms with Crippen LogP contribution in [0.4, 0.5) is 0 Å². The Morgan fingerprint density at radius 2 is 2.20 bits per heavy atom. The van der Waals surface area contributed by atoms with E-state index in [4.69, 9.17) is 4.74 Å². The molecule has 0 aliphatic heterocycles. The zero-order valence-corrected chi connectivity index (χ0v) is 9.11. The molecular weight excluding hydrogens is 194 g/mol. The minimum absolute atomic E-state index is 0.125. The first-order chi connectivity index (χ1) is 7.24. The van der Waals surface area contributed by atoms with Crippen LogP contribution in [0.3, 0.4) is 0 Å². The third-order valence-electron chi connectivity index (χ3n) is 3.58. The van der Waals surface area contributed by atoms with Crippen molar-refractivity contribution in [1.29, 1.82) is 0 Å². The van der Waals surface area contributed by atoms with E-state index in [-0.39, 0.29) is 18.4 Å². The number of hydrogen-bond acceptors (Lipinski definition) is 3. The highest BCUT2D eigenvalue weighted by atomic mass is 16.5. The molecule has 0 saturated heterocycles. The Morgan fingerprint density at radius 3 is 2.80 bits per heavy atom. The SMILES string of the molecule is COCC(O)CNC(=O)C1C2CCCC21. The lowest BCUT2D eigenvalue weighted by molar-refractivity contribution is -0.123. The molecule has 0 heterocycles. The Labute approximate surface area is 90.0 Å². The molecule has 2 N–H and O–H groups in total. The molecule has 2 aliphatic rings. The van der Waals surface area contributed by atoms with E-state index in [2.05, 4.69) is 5.32 Å². The van der Waals surface area contributed by atoms with Crippen LogP contribution in [0.15, 0.2) is 0 Å². The van der Waals surface area contributed by atoms with Gasteiger partial charge in [0.2, 0.25) is 5.91 Å². The highest BCUT2D eigenvalue weighted by Crippen LogP contribution is 2.57. The molecule has 86 valence electrons. The zero-order chi connectivity index (χ0) is 10.8. The van der Waals surface area contributed by atoms with E-state index >= 15 is 0 Å². The summed E-state index contributed by atoms with van der Waals surface area (Å²) in [7, 11) is 1.54. The summed E-state index contributed by atoms with van der Waals surface area (Å²) in [4.78, 5) is 11.7. The number of amides is 1. The van der Waals surface area contributed by atoms with Crippen LogP contribution in [0.2, 0.25) is 0 Å². The molecule has 0 radical (unpaired) electrons. The molecule has 0 bridgehead atoms. The molecule has 0 aromatic rings. The van der Waals surface area contributed by atoms with Crippen LogP contribution in [0.25, 0.3) is 0 Å². The number of ether oxygens (including phenoxy) is 1. The van der Waals surface area contributed by atoms with E-state index < -0.39 is 6.10 Å². The fourth-order valence-electron chi connectivity index (χ4n) is 2.80. The largest absolute Gasteiger partial charge is 0.389 e. The third-order valence-corrected chi connectivity index (χ3v) is 3.58. The van der Waals surface area contributed by atoms with Crippen LogP contribution in [-0.4, -0.2) is 37.4 Å². The zero-order valence-electron chi connectivity index (χ0n) is 9.11. The average molecular weight is 213 g/mol. The van der Waals surface area contributed by atoms with Gasteiger partial charge < -0.3 is 15.2 Å². The van der Waals surface area contributed by atoms with Gasteiger partial charge in [-0.15, -0.1) is 0 Å². The van der Waals surface area contributed by atoms with Crippen LogP contribution in [0.5, 0.6) is 0 Å². The number of carbonyl (C=O) groups is 1. The van der Waals surface area contributed by atoms with Crippen molar-refractivity contribution in [3.05, 3.63) is 0 Å². The van der Waals surface area contributed by atoms with Gasteiger partial charge in [-0.25, -0.2) is 0 Å². The number of nitrogens with one attached hydrogen (secondary N) is 1. The molecule has 4 heteroatoms. The highest BCUT2D eigenvalue weighted by molar-refractivity contribution is 5.82. The van der Waals surface area contributed by atoms with E-state index in [0.717, 1.165) is 0 Å². The van der Waals surface area contributed by atoms with Gasteiger partial charge in [0.1, 0.15) is 0 Å². The van der Waals surface area contributed by atoms with Crippen molar-refractivity contribution in [2.45, 2.75) is 25.4 Å². The summed E-state index contributed by atoms with van der Waals surface area (Å²) in [5.74, 6) is 1.66. The maximum atomic E-state index is 11.7. The molecular formula is C11H19NO3. The van der Waals surface area contributed by atoms with Gasteiger partial charge in [0.25, 0.3) is 0 Å². The lowest BCUT2D eigenvalue weighted by Gasteiger charge is -2.11. The van der Waals surface area contributed by atoms with Crippen molar-refractivity contribution in [3.63, 3.8) is 0 Å². The van der Waals surface area contributed by atoms with Gasteiger partial charge in [-0.2, -0.15) is 0 Å². The number of hydrogen-bond donors (Lipinski definition) is 2. The summed E-state index contributed by atoms with van der Waals surface area (Å²) < 4.78 is 4.79. The lowest BCUT2D eigenvalue weighted by Crippen LogP contribution is -2.35. The quantitative estimate of drug-likeness (QED) is 0.683. The van der Waals surface area contributed by atoms with Crippen LogP contribution < -0.4 is 5.32 Å². The van der Waals surface area contributed by atoms with Gasteiger partial charge in [-0.3, -0.25) is 4.79 Å². The predicted octanol–water partition coefficient (Wildman–Crippen LogP) is 0.156. The molecule has 2 rings (SSSR count). The van der Waals surface area contributed by atoms with Crippen molar-refractivity contribution in [3.8, 4) is 0 Å². The van der Waals surface area contributed by atoms with Gasteiger partial charge in [-0.05, 0) is 24.7 Å². The molecule has 2 saturated carbocycles. The van der Waals surface area contributed by atoms with Crippen LogP contribution >= 0.6 is 0 Å². The summed E-state index contributed by atoms with van der Waals surface area (Å²) in [6, 6.07) is 0. The molecule has 0 aromatic heterocycles. The number of methoxy groups -OCH3 is 1. The fourth-order valence-corrected chi connectivity index (χ4v) is 2.80. The van der Waals surface area contributed by atoms with E-state index in [1.54, 1.807) is 0 Å². The summed E-state index contributed by atoms with van der Waals surface area (Å²) in [5, 5.41) is 12.2. The van der Waals surface area contributed by atoms with E-state index in [1.807, 2.05) is 0 Å². The number of aliphatic hydroxyl groups excluding tert-OH is 1.